The molecule has 0 aromatic heterocycles. The van der Waals surface area contributed by atoms with E-state index in [0.29, 0.717) is 17.9 Å². The Morgan fingerprint density at radius 2 is 2.11 bits per heavy atom. The molecule has 1 aromatic carbocycles. The van der Waals surface area contributed by atoms with Gasteiger partial charge in [0.25, 0.3) is 0 Å². The van der Waals surface area contributed by atoms with Gasteiger partial charge in [-0.15, -0.1) is 0 Å². The number of ether oxygens (including phenoxy) is 1. The quantitative estimate of drug-likeness (QED) is 0.855. The second-order valence-corrected chi connectivity index (χ2v) is 5.51. The van der Waals surface area contributed by atoms with Crippen molar-refractivity contribution >= 4 is 0 Å². The van der Waals surface area contributed by atoms with E-state index >= 15 is 0 Å². The Hall–Kier alpha value is -1.13. The van der Waals surface area contributed by atoms with E-state index in [-0.39, 0.29) is 11.4 Å². The van der Waals surface area contributed by atoms with E-state index in [1.165, 1.54) is 26.4 Å². The van der Waals surface area contributed by atoms with Crippen LogP contribution in [-0.4, -0.2) is 38.2 Å². The third kappa shape index (κ3) is 2.90. The molecule has 0 amide bonds. The molecular formula is C15H23FN2O. The Kier molecular flexibility index (Phi) is 4.42. The summed E-state index contributed by atoms with van der Waals surface area (Å²) in [5.74, 6) is 0.0512. The van der Waals surface area contributed by atoms with E-state index in [1.807, 2.05) is 6.07 Å². The fraction of sp³-hybridized carbons (Fsp3) is 0.600. The average Bonchev–Trinajstić information content (AvgIpc) is 2.34. The van der Waals surface area contributed by atoms with Crippen LogP contribution in [0.5, 0.6) is 5.75 Å². The molecule has 19 heavy (non-hydrogen) atoms. The Balaban J connectivity index is 1.92. The molecule has 1 aromatic rings. The normalized spacial score (nSPS) is 17.3. The van der Waals surface area contributed by atoms with Gasteiger partial charge >= 0.3 is 0 Å². The number of likely N-dealkylation sites (N-methyl/N-ethyl adjacent to an activating group) is 1. The summed E-state index contributed by atoms with van der Waals surface area (Å²) in [7, 11) is 5.73. The maximum absolute atomic E-state index is 14.0. The highest BCUT2D eigenvalue weighted by Gasteiger charge is 2.38. The van der Waals surface area contributed by atoms with Gasteiger partial charge in [0.1, 0.15) is 0 Å². The lowest BCUT2D eigenvalue weighted by Crippen LogP contribution is -2.56. The van der Waals surface area contributed by atoms with Crippen LogP contribution in [0.1, 0.15) is 24.8 Å². The molecular weight excluding hydrogens is 243 g/mol. The minimum absolute atomic E-state index is 0.259. The molecule has 4 heteroatoms. The topological polar surface area (TPSA) is 24.5 Å². The molecule has 2 rings (SSSR count). The Morgan fingerprint density at radius 1 is 1.37 bits per heavy atom. The molecule has 0 bridgehead atoms. The van der Waals surface area contributed by atoms with Gasteiger partial charge in [-0.25, -0.2) is 4.39 Å². The third-order valence-corrected chi connectivity index (χ3v) is 4.27. The van der Waals surface area contributed by atoms with Gasteiger partial charge in [-0.2, -0.15) is 0 Å². The molecule has 1 aliphatic carbocycles. The first kappa shape index (κ1) is 14.3. The zero-order valence-corrected chi connectivity index (χ0v) is 12.0. The van der Waals surface area contributed by atoms with Crippen molar-refractivity contribution in [3.8, 4) is 5.75 Å². The molecule has 1 N–H and O–H groups in total. The largest absolute Gasteiger partial charge is 0.494 e. The lowest BCUT2D eigenvalue weighted by atomic mass is 9.75. The van der Waals surface area contributed by atoms with Crippen LogP contribution in [0, 0.1) is 5.82 Å². The fourth-order valence-corrected chi connectivity index (χ4v) is 2.65. The van der Waals surface area contributed by atoms with E-state index in [4.69, 9.17) is 4.74 Å². The van der Waals surface area contributed by atoms with Crippen molar-refractivity contribution in [1.29, 1.82) is 0 Å². The number of nitrogens with one attached hydrogen (secondary N) is 1. The van der Waals surface area contributed by atoms with Crippen LogP contribution >= 0.6 is 0 Å². The summed E-state index contributed by atoms with van der Waals surface area (Å²) in [4.78, 5) is 2.28. The van der Waals surface area contributed by atoms with Crippen molar-refractivity contribution in [1.82, 2.24) is 10.2 Å². The summed E-state index contributed by atoms with van der Waals surface area (Å²) < 4.78 is 19.0. The number of hydrogen-bond acceptors (Lipinski definition) is 3. The van der Waals surface area contributed by atoms with Crippen LogP contribution in [0.3, 0.4) is 0 Å². The SMILES string of the molecule is COc1cccc(CNCC2(N(C)C)CCC2)c1F. The summed E-state index contributed by atoms with van der Waals surface area (Å²) in [5, 5.41) is 3.38. The van der Waals surface area contributed by atoms with E-state index in [1.54, 1.807) is 12.1 Å². The monoisotopic (exact) mass is 266 g/mol. The molecule has 106 valence electrons. The molecule has 0 aliphatic heterocycles. The molecule has 1 fully saturated rings. The van der Waals surface area contributed by atoms with Gasteiger partial charge in [0.2, 0.25) is 0 Å². The summed E-state index contributed by atoms with van der Waals surface area (Å²) in [5.41, 5.74) is 0.919. The van der Waals surface area contributed by atoms with Gasteiger partial charge in [-0.1, -0.05) is 12.1 Å². The van der Waals surface area contributed by atoms with Gasteiger partial charge < -0.3 is 15.0 Å². The standard InChI is InChI=1S/C15H23FN2O/c1-18(2)15(8-5-9-15)11-17-10-12-6-4-7-13(19-3)14(12)16/h4,6-7,17H,5,8-11H2,1-3H3. The van der Waals surface area contributed by atoms with E-state index < -0.39 is 0 Å². The zero-order valence-electron chi connectivity index (χ0n) is 12.0. The first-order chi connectivity index (χ1) is 9.09. The molecule has 1 saturated carbocycles. The average molecular weight is 266 g/mol. The number of halogens is 1. The molecule has 0 spiro atoms. The summed E-state index contributed by atoms with van der Waals surface area (Å²) in [6, 6.07) is 5.27. The Labute approximate surface area is 114 Å². The third-order valence-electron chi connectivity index (χ3n) is 4.27. The number of rotatable bonds is 6. The number of benzene rings is 1. The zero-order chi connectivity index (χ0) is 13.9. The van der Waals surface area contributed by atoms with Crippen LogP contribution in [0.4, 0.5) is 4.39 Å². The van der Waals surface area contributed by atoms with Gasteiger partial charge in [0.15, 0.2) is 11.6 Å². The maximum Gasteiger partial charge on any atom is 0.169 e. The van der Waals surface area contributed by atoms with Gasteiger partial charge in [-0.3, -0.25) is 0 Å². The van der Waals surface area contributed by atoms with Crippen LogP contribution in [0.25, 0.3) is 0 Å². The Morgan fingerprint density at radius 3 is 2.63 bits per heavy atom. The molecule has 0 heterocycles. The Bertz CT molecular complexity index is 430. The predicted molar refractivity (Wildman–Crippen MR) is 74.9 cm³/mol. The van der Waals surface area contributed by atoms with Gasteiger partial charge in [-0.05, 0) is 39.4 Å². The van der Waals surface area contributed by atoms with Crippen LogP contribution in [-0.2, 0) is 6.54 Å². The van der Waals surface area contributed by atoms with Crippen molar-refractivity contribution in [3.05, 3.63) is 29.6 Å². The smallest absolute Gasteiger partial charge is 0.169 e. The molecule has 0 saturated heterocycles. The minimum Gasteiger partial charge on any atom is -0.494 e. The van der Waals surface area contributed by atoms with E-state index in [0.717, 1.165) is 6.54 Å². The van der Waals surface area contributed by atoms with Crippen LogP contribution < -0.4 is 10.1 Å². The number of nitrogens with zero attached hydrogens (tertiary/aromatic N) is 1. The number of methoxy groups -OCH3 is 1. The first-order valence-electron chi connectivity index (χ1n) is 6.78. The lowest BCUT2D eigenvalue weighted by molar-refractivity contribution is 0.0597. The van der Waals surface area contributed by atoms with E-state index in [9.17, 15) is 4.39 Å². The van der Waals surface area contributed by atoms with E-state index in [2.05, 4.69) is 24.3 Å². The summed E-state index contributed by atoms with van der Waals surface area (Å²) in [6.07, 6.45) is 3.72. The molecule has 0 atom stereocenters. The molecule has 0 radical (unpaired) electrons. The second kappa shape index (κ2) is 5.88. The minimum atomic E-state index is -0.259. The van der Waals surface area contributed by atoms with Gasteiger partial charge in [0, 0.05) is 24.2 Å². The van der Waals surface area contributed by atoms with Crippen molar-refractivity contribution in [3.63, 3.8) is 0 Å². The van der Waals surface area contributed by atoms with Crippen molar-refractivity contribution < 1.29 is 9.13 Å². The summed E-state index contributed by atoms with van der Waals surface area (Å²) >= 11 is 0. The molecule has 1 aliphatic rings. The lowest BCUT2D eigenvalue weighted by Gasteiger charge is -2.47. The van der Waals surface area contributed by atoms with Crippen molar-refractivity contribution in [2.45, 2.75) is 31.3 Å². The first-order valence-corrected chi connectivity index (χ1v) is 6.78. The second-order valence-electron chi connectivity index (χ2n) is 5.51. The van der Waals surface area contributed by atoms with Crippen LogP contribution in [0.2, 0.25) is 0 Å². The summed E-state index contributed by atoms with van der Waals surface area (Å²) in [6.45, 7) is 1.44. The van der Waals surface area contributed by atoms with Gasteiger partial charge in [0.05, 0.1) is 7.11 Å². The highest BCUT2D eigenvalue weighted by Crippen LogP contribution is 2.35. The van der Waals surface area contributed by atoms with Crippen LogP contribution in [0.15, 0.2) is 18.2 Å². The molecule has 3 nitrogen and oxygen atoms in total. The number of hydrogen-bond donors (Lipinski definition) is 1. The highest BCUT2D eigenvalue weighted by molar-refractivity contribution is 5.30. The highest BCUT2D eigenvalue weighted by atomic mass is 19.1. The fourth-order valence-electron chi connectivity index (χ4n) is 2.65. The maximum atomic E-state index is 14.0. The predicted octanol–water partition coefficient (Wildman–Crippen LogP) is 2.41. The van der Waals surface area contributed by atoms with Crippen molar-refractivity contribution in [2.24, 2.45) is 0 Å². The van der Waals surface area contributed by atoms with Crippen molar-refractivity contribution in [2.75, 3.05) is 27.7 Å². The molecule has 0 unspecified atom stereocenters.